The van der Waals surface area contributed by atoms with Crippen molar-refractivity contribution in [1.29, 1.82) is 0 Å². The number of ether oxygens (including phenoxy) is 2. The first kappa shape index (κ1) is 32.2. The molecule has 3 aromatic carbocycles. The Morgan fingerprint density at radius 2 is 1.81 bits per heavy atom. The molecule has 12 heteroatoms. The molecule has 0 aliphatic carbocycles. The summed E-state index contributed by atoms with van der Waals surface area (Å²) in [7, 11) is 1.61. The molecule has 1 unspecified atom stereocenters. The number of nitrogens with zero attached hydrogens (tertiary/aromatic N) is 4. The number of carbonyl (C=O) groups is 1. The van der Waals surface area contributed by atoms with Gasteiger partial charge in [0.25, 0.3) is 5.91 Å². The predicted molar refractivity (Wildman–Crippen MR) is 171 cm³/mol. The molecule has 1 aliphatic heterocycles. The number of nitrogens with one attached hydrogen (secondary N) is 1. The normalized spacial score (nSPS) is 14.7. The van der Waals surface area contributed by atoms with Crippen LogP contribution in [-0.4, -0.2) is 70.6 Å². The van der Waals surface area contributed by atoms with Crippen LogP contribution < -0.4 is 10.1 Å². The number of carbonyl (C=O) groups excluding carboxylic acids is 1. The third-order valence-electron chi connectivity index (χ3n) is 8.19. The minimum Gasteiger partial charge on any atom is -0.497 e. The summed E-state index contributed by atoms with van der Waals surface area (Å²) in [5.74, 6) is 0.179. The Labute approximate surface area is 269 Å². The lowest BCUT2D eigenvalue weighted by molar-refractivity contribution is -0.137. The van der Waals surface area contributed by atoms with E-state index in [1.165, 1.54) is 12.1 Å². The van der Waals surface area contributed by atoms with Crippen LogP contribution in [0.2, 0.25) is 0 Å². The van der Waals surface area contributed by atoms with Crippen LogP contribution in [0, 0.1) is 6.92 Å². The number of β-amino-alcohol motifs (C(OH)–C–C–N with tert-alkyl or cyclic N) is 1. The summed E-state index contributed by atoms with van der Waals surface area (Å²) < 4.78 is 52.1. The minimum atomic E-state index is -4.53. The van der Waals surface area contributed by atoms with Crippen LogP contribution in [0.1, 0.15) is 38.8 Å². The van der Waals surface area contributed by atoms with E-state index in [-0.39, 0.29) is 11.3 Å². The van der Waals surface area contributed by atoms with E-state index in [1.807, 2.05) is 43.3 Å². The Morgan fingerprint density at radius 3 is 2.53 bits per heavy atom. The van der Waals surface area contributed by atoms with Crippen LogP contribution in [0.3, 0.4) is 0 Å². The molecular weight excluding hydrogens is 611 g/mol. The molecule has 47 heavy (non-hydrogen) atoms. The number of rotatable bonds is 9. The Kier molecular flexibility index (Phi) is 9.26. The number of hydrogen-bond donors (Lipinski definition) is 2. The number of aliphatic hydroxyl groups excluding tert-OH is 1. The van der Waals surface area contributed by atoms with Crippen LogP contribution in [0.4, 0.5) is 18.9 Å². The number of fused-ring (bicyclic) bond motifs is 1. The SMILES string of the molecule is COc1ccc(Cn2nc(C(O)CN3CCOCC3)c3ccc(-c4cc(C(=O)Nc5cccc(C(F)(F)F)c5)ccc4C)nc32)cc1. The first-order valence-corrected chi connectivity index (χ1v) is 15.2. The number of aromatic nitrogens is 3. The molecular formula is C35H34F3N5O4. The number of benzene rings is 3. The Morgan fingerprint density at radius 1 is 1.04 bits per heavy atom. The average molecular weight is 646 g/mol. The Balaban J connectivity index is 1.34. The van der Waals surface area contributed by atoms with Crippen molar-refractivity contribution in [2.45, 2.75) is 25.7 Å². The maximum absolute atomic E-state index is 13.2. The third kappa shape index (κ3) is 7.30. The van der Waals surface area contributed by atoms with Gasteiger partial charge >= 0.3 is 6.18 Å². The summed E-state index contributed by atoms with van der Waals surface area (Å²) in [5.41, 5.74) is 3.60. The number of aliphatic hydroxyl groups is 1. The lowest BCUT2D eigenvalue weighted by Crippen LogP contribution is -2.38. The van der Waals surface area contributed by atoms with Gasteiger partial charge in [-0.1, -0.05) is 24.3 Å². The van der Waals surface area contributed by atoms with Crippen molar-refractivity contribution in [3.63, 3.8) is 0 Å². The van der Waals surface area contributed by atoms with Gasteiger partial charge in [0.1, 0.15) is 17.5 Å². The summed E-state index contributed by atoms with van der Waals surface area (Å²) in [6.45, 7) is 5.35. The Bertz CT molecular complexity index is 1890. The van der Waals surface area contributed by atoms with Gasteiger partial charge in [-0.15, -0.1) is 0 Å². The van der Waals surface area contributed by atoms with E-state index in [4.69, 9.17) is 19.6 Å². The van der Waals surface area contributed by atoms with Crippen molar-refractivity contribution in [2.24, 2.45) is 0 Å². The van der Waals surface area contributed by atoms with Gasteiger partial charge in [-0.2, -0.15) is 18.3 Å². The van der Waals surface area contributed by atoms with E-state index >= 15 is 0 Å². The monoisotopic (exact) mass is 645 g/mol. The summed E-state index contributed by atoms with van der Waals surface area (Å²) >= 11 is 0. The minimum absolute atomic E-state index is 0.0390. The van der Waals surface area contributed by atoms with Gasteiger partial charge in [-0.25, -0.2) is 9.67 Å². The van der Waals surface area contributed by atoms with E-state index < -0.39 is 23.8 Å². The van der Waals surface area contributed by atoms with E-state index in [0.717, 1.165) is 42.1 Å². The predicted octanol–water partition coefficient (Wildman–Crippen LogP) is 6.10. The molecule has 1 saturated heterocycles. The smallest absolute Gasteiger partial charge is 0.416 e. The number of halogens is 3. The fourth-order valence-corrected chi connectivity index (χ4v) is 5.62. The highest BCUT2D eigenvalue weighted by atomic mass is 19.4. The van der Waals surface area contributed by atoms with Gasteiger partial charge in [0, 0.05) is 41.8 Å². The van der Waals surface area contributed by atoms with Crippen LogP contribution in [0.5, 0.6) is 5.75 Å². The zero-order valence-electron chi connectivity index (χ0n) is 25.9. The topological polar surface area (TPSA) is 102 Å². The number of hydrogen-bond acceptors (Lipinski definition) is 7. The highest BCUT2D eigenvalue weighted by Crippen LogP contribution is 2.32. The van der Waals surface area contributed by atoms with Crippen molar-refractivity contribution in [3.05, 3.63) is 107 Å². The molecule has 3 heterocycles. The van der Waals surface area contributed by atoms with Crippen LogP contribution in [0.15, 0.2) is 78.9 Å². The molecule has 1 atom stereocenters. The van der Waals surface area contributed by atoms with Gasteiger partial charge < -0.3 is 19.9 Å². The summed E-state index contributed by atoms with van der Waals surface area (Å²) in [6, 6.07) is 20.9. The zero-order valence-corrected chi connectivity index (χ0v) is 25.9. The van der Waals surface area contributed by atoms with Gasteiger partial charge in [-0.05, 0) is 72.6 Å². The number of morpholine rings is 1. The number of pyridine rings is 1. The second kappa shape index (κ2) is 13.5. The van der Waals surface area contributed by atoms with Gasteiger partial charge in [0.15, 0.2) is 5.65 Å². The highest BCUT2D eigenvalue weighted by Gasteiger charge is 2.30. The fraction of sp³-hybridized carbons (Fsp3) is 0.286. The zero-order chi connectivity index (χ0) is 33.1. The summed E-state index contributed by atoms with van der Waals surface area (Å²) in [5, 5.41) is 19.4. The van der Waals surface area contributed by atoms with Crippen molar-refractivity contribution >= 4 is 22.6 Å². The summed E-state index contributed by atoms with van der Waals surface area (Å²) in [6.07, 6.45) is -5.38. The van der Waals surface area contributed by atoms with Crippen LogP contribution in [-0.2, 0) is 17.5 Å². The van der Waals surface area contributed by atoms with Crippen molar-refractivity contribution in [3.8, 4) is 17.0 Å². The molecule has 0 saturated carbocycles. The maximum Gasteiger partial charge on any atom is 0.416 e. The lowest BCUT2D eigenvalue weighted by Gasteiger charge is -2.28. The second-order valence-corrected chi connectivity index (χ2v) is 11.4. The van der Waals surface area contributed by atoms with Gasteiger partial charge in [0.2, 0.25) is 0 Å². The molecule has 6 rings (SSSR count). The van der Waals surface area contributed by atoms with E-state index in [0.29, 0.717) is 54.3 Å². The third-order valence-corrected chi connectivity index (χ3v) is 8.19. The largest absolute Gasteiger partial charge is 0.497 e. The van der Waals surface area contributed by atoms with Gasteiger partial charge in [0.05, 0.1) is 38.1 Å². The second-order valence-electron chi connectivity index (χ2n) is 11.4. The molecule has 0 bridgehead atoms. The lowest BCUT2D eigenvalue weighted by atomic mass is 10.0. The molecule has 5 aromatic rings. The standard InChI is InChI=1S/C35H34F3N5O4/c1-22-6-9-24(34(45)39-26-5-3-4-25(19-26)35(36,37)38)18-29(22)30-13-12-28-32(31(44)21-42-14-16-47-17-15-42)41-43(33(28)40-30)20-23-7-10-27(46-2)11-8-23/h3-13,18-19,31,44H,14-17,20-21H2,1-2H3,(H,39,45). The quantitative estimate of drug-likeness (QED) is 0.200. The molecule has 9 nitrogen and oxygen atoms in total. The molecule has 1 aliphatic rings. The van der Waals surface area contributed by atoms with E-state index in [1.54, 1.807) is 30.0 Å². The number of alkyl halides is 3. The van der Waals surface area contributed by atoms with Crippen LogP contribution in [0.25, 0.3) is 22.3 Å². The molecule has 244 valence electrons. The highest BCUT2D eigenvalue weighted by molar-refractivity contribution is 6.05. The van der Waals surface area contributed by atoms with Crippen molar-refractivity contribution in [1.82, 2.24) is 19.7 Å². The average Bonchev–Trinajstić information content (AvgIpc) is 3.43. The fourth-order valence-electron chi connectivity index (χ4n) is 5.62. The molecule has 0 spiro atoms. The number of anilines is 1. The van der Waals surface area contributed by atoms with E-state index in [9.17, 15) is 23.1 Å². The van der Waals surface area contributed by atoms with Crippen molar-refractivity contribution < 1.29 is 32.5 Å². The Hall–Kier alpha value is -4.78. The van der Waals surface area contributed by atoms with Gasteiger partial charge in [-0.3, -0.25) is 9.69 Å². The molecule has 2 aromatic heterocycles. The molecule has 1 amide bonds. The molecule has 0 radical (unpaired) electrons. The number of methoxy groups -OCH3 is 1. The molecule has 1 fully saturated rings. The van der Waals surface area contributed by atoms with Crippen LogP contribution >= 0.6 is 0 Å². The maximum atomic E-state index is 13.2. The number of amides is 1. The number of aryl methyl sites for hydroxylation is 1. The first-order chi connectivity index (χ1) is 22.6. The summed E-state index contributed by atoms with van der Waals surface area (Å²) in [4.78, 5) is 20.3. The van der Waals surface area contributed by atoms with Crippen molar-refractivity contribution in [2.75, 3.05) is 45.3 Å². The molecule has 2 N–H and O–H groups in total. The van der Waals surface area contributed by atoms with E-state index in [2.05, 4.69) is 10.2 Å². The first-order valence-electron chi connectivity index (χ1n) is 15.2.